The van der Waals surface area contributed by atoms with Crippen LogP contribution in [0.1, 0.15) is 47.7 Å². The number of benzene rings is 3. The minimum Gasteiger partial charge on any atom is -0.325 e. The van der Waals surface area contributed by atoms with Crippen molar-refractivity contribution < 1.29 is 14.4 Å². The summed E-state index contributed by atoms with van der Waals surface area (Å²) in [4.78, 5) is 40.5. The first-order valence-corrected chi connectivity index (χ1v) is 10.9. The zero-order valence-electron chi connectivity index (χ0n) is 18.7. The third-order valence-corrected chi connectivity index (χ3v) is 5.39. The summed E-state index contributed by atoms with van der Waals surface area (Å²) >= 11 is 0. The van der Waals surface area contributed by atoms with Gasteiger partial charge in [-0.05, 0) is 30.5 Å². The number of carbonyl (C=O) groups excluding carboxylic acids is 3. The van der Waals surface area contributed by atoms with E-state index >= 15 is 0 Å². The maximum Gasteiger partial charge on any atom is 0.236 e. The van der Waals surface area contributed by atoms with Gasteiger partial charge in [-0.25, -0.2) is 0 Å². The van der Waals surface area contributed by atoms with E-state index in [4.69, 9.17) is 0 Å². The molecule has 0 bridgehead atoms. The lowest BCUT2D eigenvalue weighted by atomic mass is 9.76. The number of aryl methyl sites for hydroxylation is 1. The second-order valence-electron chi connectivity index (χ2n) is 8.52. The van der Waals surface area contributed by atoms with E-state index in [1.807, 2.05) is 81.4 Å². The monoisotopic (exact) mass is 427 g/mol. The molecule has 0 aromatic heterocycles. The second kappa shape index (κ2) is 10.7. The van der Waals surface area contributed by atoms with Crippen LogP contribution in [0, 0.1) is 18.8 Å². The lowest BCUT2D eigenvalue weighted by molar-refractivity contribution is -0.132. The van der Waals surface area contributed by atoms with Crippen LogP contribution in [-0.2, 0) is 9.59 Å². The number of Topliss-reactive ketones (excluding diaryl/α,β-unsaturated/α-hetero) is 2. The van der Waals surface area contributed by atoms with Gasteiger partial charge in [0.05, 0.1) is 5.92 Å². The smallest absolute Gasteiger partial charge is 0.236 e. The molecule has 1 N–H and O–H groups in total. The first kappa shape index (κ1) is 23.1. The van der Waals surface area contributed by atoms with Crippen molar-refractivity contribution in [2.24, 2.45) is 11.8 Å². The predicted octanol–water partition coefficient (Wildman–Crippen LogP) is 5.83. The Labute approximate surface area is 189 Å². The Morgan fingerprint density at radius 1 is 0.781 bits per heavy atom. The van der Waals surface area contributed by atoms with E-state index < -0.39 is 17.7 Å². The van der Waals surface area contributed by atoms with Crippen molar-refractivity contribution >= 4 is 23.2 Å². The summed E-state index contributed by atoms with van der Waals surface area (Å²) in [6.07, 6.45) is 0.220. The van der Waals surface area contributed by atoms with Gasteiger partial charge < -0.3 is 5.32 Å². The summed E-state index contributed by atoms with van der Waals surface area (Å²) < 4.78 is 0. The molecule has 3 rings (SSSR count). The summed E-state index contributed by atoms with van der Waals surface area (Å²) in [6.45, 7) is 5.82. The van der Waals surface area contributed by atoms with Crippen LogP contribution >= 0.6 is 0 Å². The van der Waals surface area contributed by atoms with Gasteiger partial charge in [0.15, 0.2) is 5.78 Å². The predicted molar refractivity (Wildman–Crippen MR) is 128 cm³/mol. The van der Waals surface area contributed by atoms with Crippen LogP contribution in [0.4, 0.5) is 5.69 Å². The van der Waals surface area contributed by atoms with Gasteiger partial charge in [0.25, 0.3) is 0 Å². The van der Waals surface area contributed by atoms with Crippen molar-refractivity contribution in [3.63, 3.8) is 0 Å². The molecule has 32 heavy (non-hydrogen) atoms. The highest BCUT2D eigenvalue weighted by Crippen LogP contribution is 2.32. The fraction of sp³-hybridized carbons (Fsp3) is 0.250. The Morgan fingerprint density at radius 2 is 1.34 bits per heavy atom. The number of hydrogen-bond acceptors (Lipinski definition) is 3. The number of carbonyl (C=O) groups is 3. The molecular weight excluding hydrogens is 398 g/mol. The van der Waals surface area contributed by atoms with Crippen molar-refractivity contribution in [3.05, 3.63) is 102 Å². The number of amides is 1. The minimum absolute atomic E-state index is 0.0698. The van der Waals surface area contributed by atoms with Crippen LogP contribution in [0.25, 0.3) is 0 Å². The first-order valence-electron chi connectivity index (χ1n) is 10.9. The maximum absolute atomic E-state index is 13.7. The zero-order chi connectivity index (χ0) is 23.1. The van der Waals surface area contributed by atoms with E-state index in [-0.39, 0.29) is 23.9 Å². The Morgan fingerprint density at radius 3 is 1.91 bits per heavy atom. The molecule has 2 unspecified atom stereocenters. The van der Waals surface area contributed by atoms with Gasteiger partial charge in [0, 0.05) is 17.7 Å². The van der Waals surface area contributed by atoms with E-state index in [9.17, 15) is 14.4 Å². The van der Waals surface area contributed by atoms with Gasteiger partial charge in [-0.1, -0.05) is 92.2 Å². The normalized spacial score (nSPS) is 12.8. The molecule has 4 heteroatoms. The van der Waals surface area contributed by atoms with E-state index in [1.165, 1.54) is 0 Å². The molecule has 0 aliphatic heterocycles. The van der Waals surface area contributed by atoms with Gasteiger partial charge in [0.1, 0.15) is 11.7 Å². The lowest BCUT2D eigenvalue weighted by Crippen LogP contribution is -2.38. The third kappa shape index (κ3) is 5.79. The van der Waals surface area contributed by atoms with Crippen LogP contribution < -0.4 is 5.32 Å². The molecule has 3 aromatic rings. The number of rotatable bonds is 9. The van der Waals surface area contributed by atoms with Gasteiger partial charge in [-0.3, -0.25) is 14.4 Å². The highest BCUT2D eigenvalue weighted by Gasteiger charge is 2.40. The zero-order valence-corrected chi connectivity index (χ0v) is 18.7. The Kier molecular flexibility index (Phi) is 7.72. The fourth-order valence-corrected chi connectivity index (χ4v) is 3.81. The van der Waals surface area contributed by atoms with Crippen LogP contribution in [-0.4, -0.2) is 17.5 Å². The lowest BCUT2D eigenvalue weighted by Gasteiger charge is -2.26. The van der Waals surface area contributed by atoms with Crippen molar-refractivity contribution in [1.29, 1.82) is 0 Å². The van der Waals surface area contributed by atoms with Crippen LogP contribution in [0.2, 0.25) is 0 Å². The van der Waals surface area contributed by atoms with Crippen molar-refractivity contribution in [2.75, 3.05) is 5.32 Å². The summed E-state index contributed by atoms with van der Waals surface area (Å²) in [5.74, 6) is -2.90. The highest BCUT2D eigenvalue weighted by atomic mass is 16.2. The quantitative estimate of drug-likeness (QED) is 0.345. The van der Waals surface area contributed by atoms with Crippen LogP contribution in [0.15, 0.2) is 84.9 Å². The average Bonchev–Trinajstić information content (AvgIpc) is 2.78. The molecule has 0 aliphatic carbocycles. The van der Waals surface area contributed by atoms with E-state index in [0.29, 0.717) is 16.8 Å². The highest BCUT2D eigenvalue weighted by molar-refractivity contribution is 6.14. The van der Waals surface area contributed by atoms with Crippen LogP contribution in [0.3, 0.4) is 0 Å². The van der Waals surface area contributed by atoms with Crippen LogP contribution in [0.5, 0.6) is 0 Å². The number of ketones is 2. The van der Waals surface area contributed by atoms with E-state index in [2.05, 4.69) is 5.32 Å². The van der Waals surface area contributed by atoms with Gasteiger partial charge in [-0.15, -0.1) is 0 Å². The molecule has 3 aromatic carbocycles. The summed E-state index contributed by atoms with van der Waals surface area (Å²) in [5.41, 5.74) is 2.77. The standard InChI is InChI=1S/C28H29NO3/c1-19(2)18-24(30)26(28(32)29-23-12-8-5-9-13-23)25(21-10-6-4-7-11-21)27(31)22-16-14-20(3)15-17-22/h4-17,19,25-26H,18H2,1-3H3,(H,29,32). The van der Waals surface area contributed by atoms with Gasteiger partial charge in [0.2, 0.25) is 5.91 Å². The molecule has 0 aliphatic rings. The molecular formula is C28H29NO3. The van der Waals surface area contributed by atoms with Crippen molar-refractivity contribution in [1.82, 2.24) is 0 Å². The molecule has 4 nitrogen and oxygen atoms in total. The number of para-hydroxylation sites is 1. The van der Waals surface area contributed by atoms with Gasteiger partial charge >= 0.3 is 0 Å². The maximum atomic E-state index is 13.7. The summed E-state index contributed by atoms with van der Waals surface area (Å²) in [5, 5.41) is 2.85. The van der Waals surface area contributed by atoms with E-state index in [0.717, 1.165) is 5.56 Å². The Hall–Kier alpha value is -3.53. The largest absolute Gasteiger partial charge is 0.325 e. The molecule has 1 amide bonds. The number of anilines is 1. The molecule has 2 atom stereocenters. The minimum atomic E-state index is -1.13. The molecule has 0 radical (unpaired) electrons. The molecule has 0 saturated carbocycles. The summed E-state index contributed by atoms with van der Waals surface area (Å²) in [7, 11) is 0. The number of hydrogen-bond donors (Lipinski definition) is 1. The fourth-order valence-electron chi connectivity index (χ4n) is 3.81. The average molecular weight is 428 g/mol. The van der Waals surface area contributed by atoms with Crippen molar-refractivity contribution in [2.45, 2.75) is 33.1 Å². The molecule has 0 fully saturated rings. The Balaban J connectivity index is 2.07. The van der Waals surface area contributed by atoms with Gasteiger partial charge in [-0.2, -0.15) is 0 Å². The number of nitrogens with one attached hydrogen (secondary N) is 1. The first-order chi connectivity index (χ1) is 15.4. The molecule has 0 heterocycles. The topological polar surface area (TPSA) is 63.2 Å². The Bertz CT molecular complexity index is 1060. The van der Waals surface area contributed by atoms with Crippen molar-refractivity contribution in [3.8, 4) is 0 Å². The molecule has 0 saturated heterocycles. The summed E-state index contributed by atoms with van der Waals surface area (Å²) in [6, 6.07) is 25.4. The molecule has 164 valence electrons. The third-order valence-electron chi connectivity index (χ3n) is 5.39. The molecule has 0 spiro atoms. The van der Waals surface area contributed by atoms with E-state index in [1.54, 1.807) is 24.3 Å². The second-order valence-corrected chi connectivity index (χ2v) is 8.52. The SMILES string of the molecule is Cc1ccc(C(=O)C(c2ccccc2)C(C(=O)CC(C)C)C(=O)Nc2ccccc2)cc1.